The topological polar surface area (TPSA) is 40.5 Å². The second-order valence-electron chi connectivity index (χ2n) is 3.84. The highest BCUT2D eigenvalue weighted by atomic mass is 16.4. The van der Waals surface area contributed by atoms with Gasteiger partial charge in [0.25, 0.3) is 0 Å². The van der Waals surface area contributed by atoms with Gasteiger partial charge in [0.05, 0.1) is 11.3 Å². The van der Waals surface area contributed by atoms with E-state index in [0.29, 0.717) is 11.6 Å². The lowest BCUT2D eigenvalue weighted by molar-refractivity contribution is 0.0697. The van der Waals surface area contributed by atoms with Crippen LogP contribution >= 0.6 is 0 Å². The van der Waals surface area contributed by atoms with Crippen LogP contribution in [0.3, 0.4) is 0 Å². The summed E-state index contributed by atoms with van der Waals surface area (Å²) in [6.07, 6.45) is 2.36. The zero-order valence-electron chi connectivity index (χ0n) is 8.81. The van der Waals surface area contributed by atoms with Crippen molar-refractivity contribution in [3.63, 3.8) is 0 Å². The highest BCUT2D eigenvalue weighted by molar-refractivity contribution is 5.94. The predicted molar refractivity (Wildman–Crippen MR) is 59.4 cm³/mol. The summed E-state index contributed by atoms with van der Waals surface area (Å²) in [6, 6.07) is 7.78. The molecule has 3 nitrogen and oxygen atoms in total. The third-order valence-corrected chi connectivity index (χ3v) is 2.77. The number of hydrogen-bond acceptors (Lipinski definition) is 2. The number of nitrogens with zero attached hydrogens (tertiary/aromatic N) is 1. The van der Waals surface area contributed by atoms with Crippen molar-refractivity contribution in [2.45, 2.75) is 25.8 Å². The lowest BCUT2D eigenvalue weighted by Gasteiger charge is -2.24. The van der Waals surface area contributed by atoms with Crippen molar-refractivity contribution in [2.75, 3.05) is 11.4 Å². The van der Waals surface area contributed by atoms with Crippen molar-refractivity contribution in [3.8, 4) is 0 Å². The van der Waals surface area contributed by atoms with E-state index < -0.39 is 5.97 Å². The molecule has 1 fully saturated rings. The average molecular weight is 205 g/mol. The second-order valence-corrected chi connectivity index (χ2v) is 3.84. The molecule has 15 heavy (non-hydrogen) atoms. The number of rotatable bonds is 4. The molecule has 0 spiro atoms. The summed E-state index contributed by atoms with van der Waals surface area (Å²) in [4.78, 5) is 13.2. The Labute approximate surface area is 89.3 Å². The Kier molecular flexibility index (Phi) is 2.62. The quantitative estimate of drug-likeness (QED) is 0.820. The molecule has 0 aromatic heterocycles. The number of benzene rings is 1. The van der Waals surface area contributed by atoms with E-state index in [1.165, 1.54) is 12.8 Å². The largest absolute Gasteiger partial charge is 0.478 e. The fourth-order valence-corrected chi connectivity index (χ4v) is 1.92. The smallest absolute Gasteiger partial charge is 0.337 e. The molecule has 3 heteroatoms. The lowest BCUT2D eigenvalue weighted by Crippen LogP contribution is -2.26. The first kappa shape index (κ1) is 10.0. The van der Waals surface area contributed by atoms with Gasteiger partial charge in [-0.3, -0.25) is 0 Å². The summed E-state index contributed by atoms with van der Waals surface area (Å²) in [5.74, 6) is -0.843. The normalized spacial score (nSPS) is 15.0. The van der Waals surface area contributed by atoms with E-state index in [9.17, 15) is 4.79 Å². The first-order chi connectivity index (χ1) is 7.24. The van der Waals surface area contributed by atoms with Crippen LogP contribution in [-0.4, -0.2) is 23.7 Å². The molecule has 0 amide bonds. The Morgan fingerprint density at radius 2 is 2.13 bits per heavy atom. The molecule has 0 radical (unpaired) electrons. The zero-order chi connectivity index (χ0) is 10.8. The molecule has 80 valence electrons. The van der Waals surface area contributed by atoms with Crippen LogP contribution in [0.15, 0.2) is 24.3 Å². The molecule has 1 aromatic rings. The van der Waals surface area contributed by atoms with E-state index in [-0.39, 0.29) is 0 Å². The molecule has 0 atom stereocenters. The number of carbonyl (C=O) groups is 1. The molecule has 1 saturated carbocycles. The van der Waals surface area contributed by atoms with Gasteiger partial charge in [-0.15, -0.1) is 0 Å². The van der Waals surface area contributed by atoms with Crippen LogP contribution in [-0.2, 0) is 0 Å². The monoisotopic (exact) mass is 205 g/mol. The zero-order valence-corrected chi connectivity index (χ0v) is 8.81. The summed E-state index contributed by atoms with van der Waals surface area (Å²) in [5, 5.41) is 9.09. The Morgan fingerprint density at radius 3 is 2.67 bits per heavy atom. The number of aromatic carboxylic acids is 1. The van der Waals surface area contributed by atoms with Gasteiger partial charge >= 0.3 is 5.97 Å². The van der Waals surface area contributed by atoms with Gasteiger partial charge in [0.15, 0.2) is 0 Å². The van der Waals surface area contributed by atoms with E-state index in [0.717, 1.165) is 12.2 Å². The van der Waals surface area contributed by atoms with E-state index in [4.69, 9.17) is 5.11 Å². The molecule has 0 saturated heterocycles. The van der Waals surface area contributed by atoms with E-state index in [2.05, 4.69) is 11.8 Å². The van der Waals surface area contributed by atoms with Crippen molar-refractivity contribution >= 4 is 11.7 Å². The fraction of sp³-hybridized carbons (Fsp3) is 0.417. The van der Waals surface area contributed by atoms with E-state index >= 15 is 0 Å². The van der Waals surface area contributed by atoms with Crippen molar-refractivity contribution in [1.82, 2.24) is 0 Å². The standard InChI is InChI=1S/C12H15NO2/c1-2-13(9-7-8-9)11-6-4-3-5-10(11)12(14)15/h3-6,9H,2,7-8H2,1H3,(H,14,15). The summed E-state index contributed by atoms with van der Waals surface area (Å²) in [6.45, 7) is 2.94. The van der Waals surface area contributed by atoms with Crippen LogP contribution in [0, 0.1) is 0 Å². The molecule has 0 unspecified atom stereocenters. The molecule has 1 aliphatic rings. The van der Waals surface area contributed by atoms with Gasteiger partial charge in [-0.2, -0.15) is 0 Å². The Balaban J connectivity index is 2.36. The van der Waals surface area contributed by atoms with Gasteiger partial charge in [0, 0.05) is 12.6 Å². The van der Waals surface area contributed by atoms with Crippen LogP contribution in [0.5, 0.6) is 0 Å². The minimum Gasteiger partial charge on any atom is -0.478 e. The van der Waals surface area contributed by atoms with Crippen LogP contribution in [0.25, 0.3) is 0 Å². The maximum Gasteiger partial charge on any atom is 0.337 e. The van der Waals surface area contributed by atoms with Crippen molar-refractivity contribution < 1.29 is 9.90 Å². The molecule has 1 aromatic carbocycles. The average Bonchev–Trinajstić information content (AvgIpc) is 3.04. The van der Waals surface area contributed by atoms with Crippen molar-refractivity contribution in [1.29, 1.82) is 0 Å². The van der Waals surface area contributed by atoms with Gasteiger partial charge in [-0.1, -0.05) is 12.1 Å². The third-order valence-electron chi connectivity index (χ3n) is 2.77. The second kappa shape index (κ2) is 3.93. The van der Waals surface area contributed by atoms with Gasteiger partial charge < -0.3 is 10.0 Å². The minimum absolute atomic E-state index is 0.409. The first-order valence-corrected chi connectivity index (χ1v) is 5.33. The van der Waals surface area contributed by atoms with Crippen LogP contribution < -0.4 is 4.90 Å². The molecule has 0 bridgehead atoms. The predicted octanol–water partition coefficient (Wildman–Crippen LogP) is 2.37. The summed E-state index contributed by atoms with van der Waals surface area (Å²) in [7, 11) is 0. The number of hydrogen-bond donors (Lipinski definition) is 1. The molecule has 1 N–H and O–H groups in total. The molecular weight excluding hydrogens is 190 g/mol. The maximum absolute atomic E-state index is 11.1. The molecule has 2 rings (SSSR count). The van der Waals surface area contributed by atoms with E-state index in [1.807, 2.05) is 12.1 Å². The molecule has 0 heterocycles. The Hall–Kier alpha value is -1.51. The maximum atomic E-state index is 11.1. The van der Waals surface area contributed by atoms with Gasteiger partial charge in [-0.25, -0.2) is 4.79 Å². The van der Waals surface area contributed by atoms with Crippen LogP contribution in [0.2, 0.25) is 0 Å². The lowest BCUT2D eigenvalue weighted by atomic mass is 10.1. The number of anilines is 1. The molecular formula is C12H15NO2. The first-order valence-electron chi connectivity index (χ1n) is 5.33. The minimum atomic E-state index is -0.843. The fourth-order valence-electron chi connectivity index (χ4n) is 1.92. The third kappa shape index (κ3) is 1.96. The summed E-state index contributed by atoms with van der Waals surface area (Å²) >= 11 is 0. The SMILES string of the molecule is CCN(c1ccccc1C(=O)O)C1CC1. The van der Waals surface area contributed by atoms with Crippen LogP contribution in [0.4, 0.5) is 5.69 Å². The number of carboxylic acids is 1. The summed E-state index contributed by atoms with van der Waals surface area (Å²) in [5.41, 5.74) is 1.27. The van der Waals surface area contributed by atoms with E-state index in [1.54, 1.807) is 12.1 Å². The highest BCUT2D eigenvalue weighted by Gasteiger charge is 2.30. The molecule has 0 aliphatic heterocycles. The molecule has 1 aliphatic carbocycles. The number of carboxylic acid groups (broad SMARTS) is 1. The number of para-hydroxylation sites is 1. The van der Waals surface area contributed by atoms with Crippen molar-refractivity contribution in [2.24, 2.45) is 0 Å². The Bertz CT molecular complexity index is 372. The highest BCUT2D eigenvalue weighted by Crippen LogP contribution is 2.33. The van der Waals surface area contributed by atoms with Gasteiger partial charge in [0.2, 0.25) is 0 Å². The van der Waals surface area contributed by atoms with Gasteiger partial charge in [-0.05, 0) is 31.9 Å². The summed E-state index contributed by atoms with van der Waals surface area (Å²) < 4.78 is 0. The van der Waals surface area contributed by atoms with Gasteiger partial charge in [0.1, 0.15) is 0 Å². The van der Waals surface area contributed by atoms with Crippen LogP contribution in [0.1, 0.15) is 30.1 Å². The van der Waals surface area contributed by atoms with Crippen molar-refractivity contribution in [3.05, 3.63) is 29.8 Å². The Morgan fingerprint density at radius 1 is 1.47 bits per heavy atom.